The molecule has 1 aromatic rings. The van der Waals surface area contributed by atoms with Gasteiger partial charge in [0.2, 0.25) is 0 Å². The smallest absolute Gasteiger partial charge is 0.0424 e. The van der Waals surface area contributed by atoms with Crippen molar-refractivity contribution in [3.8, 4) is 0 Å². The van der Waals surface area contributed by atoms with Crippen molar-refractivity contribution in [2.75, 3.05) is 31.6 Å². The fourth-order valence-electron chi connectivity index (χ4n) is 3.13. The molecule has 1 aromatic heterocycles. The van der Waals surface area contributed by atoms with Crippen LogP contribution in [0.15, 0.2) is 24.5 Å². The van der Waals surface area contributed by atoms with Gasteiger partial charge in [0.15, 0.2) is 0 Å². The van der Waals surface area contributed by atoms with E-state index >= 15 is 0 Å². The summed E-state index contributed by atoms with van der Waals surface area (Å²) in [5.74, 6) is 2.40. The molecule has 1 atom stereocenters. The molecule has 112 valence electrons. The van der Waals surface area contributed by atoms with Crippen molar-refractivity contribution >= 4 is 11.8 Å². The van der Waals surface area contributed by atoms with Crippen LogP contribution in [0.2, 0.25) is 0 Å². The predicted octanol–water partition coefficient (Wildman–Crippen LogP) is 2.42. The number of hydrogen-bond acceptors (Lipinski definition) is 4. The van der Waals surface area contributed by atoms with Gasteiger partial charge < -0.3 is 5.73 Å². The summed E-state index contributed by atoms with van der Waals surface area (Å²) in [4.78, 5) is 6.56. The third-order valence-electron chi connectivity index (χ3n) is 4.35. The van der Waals surface area contributed by atoms with Crippen molar-refractivity contribution in [2.45, 2.75) is 32.2 Å². The number of aromatic nitrogens is 1. The van der Waals surface area contributed by atoms with E-state index in [4.69, 9.17) is 5.73 Å². The first-order chi connectivity index (χ1) is 9.47. The Hall–Kier alpha value is -0.580. The molecular weight excluding hydrogens is 266 g/mol. The zero-order valence-corrected chi connectivity index (χ0v) is 13.7. The number of likely N-dealkylation sites (N-methyl/N-ethyl adjacent to an activating group) is 1. The lowest BCUT2D eigenvalue weighted by Crippen LogP contribution is -2.59. The third-order valence-corrected chi connectivity index (χ3v) is 6.07. The Labute approximate surface area is 127 Å². The Kier molecular flexibility index (Phi) is 5.10. The van der Waals surface area contributed by atoms with Crippen molar-refractivity contribution in [1.29, 1.82) is 0 Å². The summed E-state index contributed by atoms with van der Waals surface area (Å²) in [5.41, 5.74) is 8.05. The van der Waals surface area contributed by atoms with Crippen molar-refractivity contribution in [3.63, 3.8) is 0 Å². The number of hydrogen-bond donors (Lipinski definition) is 1. The third kappa shape index (κ3) is 3.74. The molecular formula is C16H27N3S. The van der Waals surface area contributed by atoms with Gasteiger partial charge in [0.25, 0.3) is 0 Å². The Morgan fingerprint density at radius 3 is 2.60 bits per heavy atom. The molecule has 0 saturated carbocycles. The van der Waals surface area contributed by atoms with Gasteiger partial charge in [0.1, 0.15) is 0 Å². The van der Waals surface area contributed by atoms with Crippen LogP contribution >= 0.6 is 11.8 Å². The summed E-state index contributed by atoms with van der Waals surface area (Å²) in [6.07, 6.45) is 5.99. The molecule has 20 heavy (non-hydrogen) atoms. The van der Waals surface area contributed by atoms with Gasteiger partial charge in [-0.25, -0.2) is 0 Å². The number of rotatable bonds is 5. The molecule has 4 heteroatoms. The molecule has 1 unspecified atom stereocenters. The molecule has 2 rings (SSSR count). The Bertz CT molecular complexity index is 421. The van der Waals surface area contributed by atoms with Gasteiger partial charge in [-0.2, -0.15) is 11.8 Å². The maximum Gasteiger partial charge on any atom is 0.0424 e. The van der Waals surface area contributed by atoms with Crippen LogP contribution in [-0.4, -0.2) is 47.1 Å². The number of pyridine rings is 1. The summed E-state index contributed by atoms with van der Waals surface area (Å²) < 4.78 is 0. The summed E-state index contributed by atoms with van der Waals surface area (Å²) in [7, 11) is 2.23. The van der Waals surface area contributed by atoms with Gasteiger partial charge in [0.05, 0.1) is 0 Å². The number of nitrogens with two attached hydrogens (primary N) is 1. The van der Waals surface area contributed by atoms with Crippen LogP contribution in [0, 0.1) is 5.41 Å². The quantitative estimate of drug-likeness (QED) is 0.905. The lowest BCUT2D eigenvalue weighted by atomic mass is 9.79. The van der Waals surface area contributed by atoms with Gasteiger partial charge in [-0.05, 0) is 48.8 Å². The van der Waals surface area contributed by atoms with E-state index in [1.165, 1.54) is 17.7 Å². The zero-order chi connectivity index (χ0) is 14.6. The van der Waals surface area contributed by atoms with Gasteiger partial charge in [-0.1, -0.05) is 13.8 Å². The molecule has 0 bridgehead atoms. The standard InChI is InChI=1S/C16H27N3S/c1-15(2)10-16(11-17,13-20-12-15)19(3)9-6-14-4-7-18-8-5-14/h4-5,7-8H,6,9-13,17H2,1-3H3. The summed E-state index contributed by atoms with van der Waals surface area (Å²) in [6.45, 7) is 6.52. The van der Waals surface area contributed by atoms with Crippen molar-refractivity contribution in [3.05, 3.63) is 30.1 Å². The van der Waals surface area contributed by atoms with Crippen molar-refractivity contribution < 1.29 is 0 Å². The molecule has 1 fully saturated rings. The van der Waals surface area contributed by atoms with Crippen LogP contribution in [-0.2, 0) is 6.42 Å². The van der Waals surface area contributed by atoms with Crippen LogP contribution in [0.25, 0.3) is 0 Å². The van der Waals surface area contributed by atoms with Crippen LogP contribution in [0.1, 0.15) is 25.8 Å². The van der Waals surface area contributed by atoms with E-state index in [9.17, 15) is 0 Å². The van der Waals surface area contributed by atoms with Crippen LogP contribution < -0.4 is 5.73 Å². The highest BCUT2D eigenvalue weighted by molar-refractivity contribution is 7.99. The Balaban J connectivity index is 2.00. The second-order valence-electron chi connectivity index (χ2n) is 6.79. The molecule has 1 aliphatic heterocycles. The van der Waals surface area contributed by atoms with E-state index in [1.54, 1.807) is 0 Å². The van der Waals surface area contributed by atoms with E-state index in [0.717, 1.165) is 25.3 Å². The van der Waals surface area contributed by atoms with E-state index in [1.807, 2.05) is 12.4 Å². The zero-order valence-electron chi connectivity index (χ0n) is 12.9. The monoisotopic (exact) mass is 293 g/mol. The first-order valence-electron chi connectivity index (χ1n) is 7.35. The van der Waals surface area contributed by atoms with Gasteiger partial charge >= 0.3 is 0 Å². The average Bonchev–Trinajstić information content (AvgIpc) is 2.44. The number of nitrogens with zero attached hydrogens (tertiary/aromatic N) is 2. The van der Waals surface area contributed by atoms with Gasteiger partial charge in [0, 0.05) is 36.8 Å². The molecule has 2 N–H and O–H groups in total. The largest absolute Gasteiger partial charge is 0.329 e. The van der Waals surface area contributed by atoms with E-state index in [0.29, 0.717) is 5.41 Å². The molecule has 1 saturated heterocycles. The topological polar surface area (TPSA) is 42.2 Å². The van der Waals surface area contributed by atoms with E-state index in [-0.39, 0.29) is 5.54 Å². The average molecular weight is 293 g/mol. The minimum Gasteiger partial charge on any atom is -0.329 e. The second-order valence-corrected chi connectivity index (χ2v) is 7.77. The normalized spacial score (nSPS) is 25.9. The van der Waals surface area contributed by atoms with Crippen molar-refractivity contribution in [2.24, 2.45) is 11.1 Å². The molecule has 0 radical (unpaired) electrons. The molecule has 2 heterocycles. The maximum atomic E-state index is 6.16. The molecule has 0 amide bonds. The molecule has 1 aliphatic rings. The van der Waals surface area contributed by atoms with Crippen LogP contribution in [0.3, 0.4) is 0 Å². The molecule has 0 aliphatic carbocycles. The van der Waals surface area contributed by atoms with Gasteiger partial charge in [-0.15, -0.1) is 0 Å². The summed E-state index contributed by atoms with van der Waals surface area (Å²) >= 11 is 2.05. The van der Waals surface area contributed by atoms with Crippen LogP contribution in [0.4, 0.5) is 0 Å². The fourth-order valence-corrected chi connectivity index (χ4v) is 4.70. The number of thioether (sulfide) groups is 1. The lowest BCUT2D eigenvalue weighted by Gasteiger charge is -2.49. The van der Waals surface area contributed by atoms with Gasteiger partial charge in [-0.3, -0.25) is 9.88 Å². The minimum absolute atomic E-state index is 0.152. The Morgan fingerprint density at radius 2 is 2.00 bits per heavy atom. The minimum atomic E-state index is 0.152. The Morgan fingerprint density at radius 1 is 1.30 bits per heavy atom. The lowest BCUT2D eigenvalue weighted by molar-refractivity contribution is 0.0946. The first-order valence-corrected chi connectivity index (χ1v) is 8.51. The van der Waals surface area contributed by atoms with Crippen LogP contribution in [0.5, 0.6) is 0 Å². The maximum absolute atomic E-state index is 6.16. The highest BCUT2D eigenvalue weighted by Crippen LogP contribution is 2.41. The highest BCUT2D eigenvalue weighted by atomic mass is 32.2. The SMILES string of the molecule is CN(CCc1ccncc1)C1(CN)CSCC(C)(C)C1. The molecule has 3 nitrogen and oxygen atoms in total. The highest BCUT2D eigenvalue weighted by Gasteiger charge is 2.42. The first kappa shape index (κ1) is 15.8. The van der Waals surface area contributed by atoms with E-state index in [2.05, 4.69) is 54.7 Å². The van der Waals surface area contributed by atoms with Crippen molar-refractivity contribution in [1.82, 2.24) is 9.88 Å². The summed E-state index contributed by atoms with van der Waals surface area (Å²) in [5, 5.41) is 0. The fraction of sp³-hybridized carbons (Fsp3) is 0.688. The molecule has 0 spiro atoms. The summed E-state index contributed by atoms with van der Waals surface area (Å²) in [6, 6.07) is 4.20. The van der Waals surface area contributed by atoms with E-state index < -0.39 is 0 Å². The second kappa shape index (κ2) is 6.46. The molecule has 0 aromatic carbocycles. The predicted molar refractivity (Wildman–Crippen MR) is 88.1 cm³/mol.